The van der Waals surface area contributed by atoms with E-state index in [0.717, 1.165) is 0 Å². The summed E-state index contributed by atoms with van der Waals surface area (Å²) in [6.45, 7) is 0. The Morgan fingerprint density at radius 2 is 0.868 bits per heavy atom. The zero-order chi connectivity index (χ0) is 28.0. The van der Waals surface area contributed by atoms with Crippen molar-refractivity contribution in [3.8, 4) is 33.4 Å². The molecule has 6 N–H and O–H groups in total. The number of benzene rings is 4. The van der Waals surface area contributed by atoms with E-state index in [-0.39, 0.29) is 24.7 Å². The SMILES string of the molecule is NS(=O)(=O)c1ccc(-c2ccc(-c3ccc(Cl)c(S(N)(=O)=O)c3)cc2-c2ccc(Cl)c(S(N)(=O)=O)c2)cc1. The van der Waals surface area contributed by atoms with Gasteiger partial charge >= 0.3 is 0 Å². The molecule has 0 bridgehead atoms. The van der Waals surface area contributed by atoms with Crippen molar-refractivity contribution in [1.82, 2.24) is 0 Å². The Bertz CT molecular complexity index is 1910. The van der Waals surface area contributed by atoms with Crippen molar-refractivity contribution in [2.75, 3.05) is 0 Å². The molecule has 0 spiro atoms. The number of rotatable bonds is 6. The Morgan fingerprint density at radius 3 is 1.37 bits per heavy atom. The smallest absolute Gasteiger partial charge is 0.225 e. The van der Waals surface area contributed by atoms with Crippen LogP contribution in [0.25, 0.3) is 33.4 Å². The molecule has 9 nitrogen and oxygen atoms in total. The van der Waals surface area contributed by atoms with Gasteiger partial charge in [-0.25, -0.2) is 40.7 Å². The highest BCUT2D eigenvalue weighted by atomic mass is 35.5. The highest BCUT2D eigenvalue weighted by molar-refractivity contribution is 7.89. The molecule has 0 aromatic heterocycles. The Kier molecular flexibility index (Phi) is 7.47. The van der Waals surface area contributed by atoms with Crippen molar-refractivity contribution in [3.63, 3.8) is 0 Å². The van der Waals surface area contributed by atoms with Gasteiger partial charge in [0, 0.05) is 0 Å². The second-order valence-electron chi connectivity index (χ2n) is 8.21. The molecule has 4 aromatic carbocycles. The van der Waals surface area contributed by atoms with Crippen LogP contribution in [-0.2, 0) is 30.1 Å². The minimum Gasteiger partial charge on any atom is -0.225 e. The summed E-state index contributed by atoms with van der Waals surface area (Å²) < 4.78 is 71.6. The van der Waals surface area contributed by atoms with E-state index in [1.807, 2.05) is 0 Å². The van der Waals surface area contributed by atoms with Crippen LogP contribution in [0.4, 0.5) is 0 Å². The summed E-state index contributed by atoms with van der Waals surface area (Å²) in [5, 5.41) is 15.7. The van der Waals surface area contributed by atoms with E-state index in [9.17, 15) is 25.3 Å². The van der Waals surface area contributed by atoms with Crippen LogP contribution >= 0.6 is 23.2 Å². The summed E-state index contributed by atoms with van der Waals surface area (Å²) in [7, 11) is -12.2. The lowest BCUT2D eigenvalue weighted by molar-refractivity contribution is 0.596. The van der Waals surface area contributed by atoms with Crippen LogP contribution in [-0.4, -0.2) is 25.3 Å². The highest BCUT2D eigenvalue weighted by Crippen LogP contribution is 2.38. The molecule has 0 amide bonds. The standard InChI is InChI=1S/C24H19Cl2N3O6S3/c25-21-9-4-16(12-23(21)37(28,32)33)15-3-8-19(14-1-6-18(7-2-14)36(27,30)31)20(11-15)17-5-10-22(26)24(13-17)38(29,34)35/h1-13H,(H2,27,30,31)(H2,28,32,33)(H2,29,34,35). The Hall–Kier alpha value is -2.81. The zero-order valence-corrected chi connectivity index (χ0v) is 23.1. The first-order valence-corrected chi connectivity index (χ1v) is 15.9. The number of hydrogen-bond donors (Lipinski definition) is 3. The molecule has 4 rings (SSSR count). The molecule has 0 unspecified atom stereocenters. The van der Waals surface area contributed by atoms with Crippen molar-refractivity contribution in [3.05, 3.63) is 88.9 Å². The summed E-state index contributed by atoms with van der Waals surface area (Å²) >= 11 is 12.1. The van der Waals surface area contributed by atoms with Gasteiger partial charge in [-0.3, -0.25) is 0 Å². The molecule has 0 radical (unpaired) electrons. The maximum atomic E-state index is 12.1. The fraction of sp³-hybridized carbons (Fsp3) is 0. The van der Waals surface area contributed by atoms with E-state index < -0.39 is 30.1 Å². The molecule has 0 heterocycles. The lowest BCUT2D eigenvalue weighted by atomic mass is 9.91. The first-order valence-electron chi connectivity index (χ1n) is 10.5. The van der Waals surface area contributed by atoms with Crippen LogP contribution in [0.1, 0.15) is 0 Å². The lowest BCUT2D eigenvalue weighted by Gasteiger charge is -2.15. The summed E-state index contributed by atoms with van der Waals surface area (Å²) in [5.41, 5.74) is 3.14. The summed E-state index contributed by atoms with van der Waals surface area (Å²) in [4.78, 5) is -0.636. The van der Waals surface area contributed by atoms with Gasteiger partial charge in [-0.1, -0.05) is 59.6 Å². The van der Waals surface area contributed by atoms with Gasteiger partial charge in [-0.15, -0.1) is 0 Å². The molecule has 0 fully saturated rings. The van der Waals surface area contributed by atoms with Gasteiger partial charge in [0.1, 0.15) is 9.79 Å². The monoisotopic (exact) mass is 611 g/mol. The third kappa shape index (κ3) is 5.92. The Labute approximate surface area is 230 Å². The molecular weight excluding hydrogens is 593 g/mol. The summed E-state index contributed by atoms with van der Waals surface area (Å²) in [5.74, 6) is 0. The molecule has 0 atom stereocenters. The maximum absolute atomic E-state index is 12.1. The second kappa shape index (κ2) is 10.1. The first-order chi connectivity index (χ1) is 17.6. The topological polar surface area (TPSA) is 180 Å². The molecule has 0 saturated heterocycles. The molecular formula is C24H19Cl2N3O6S3. The average Bonchev–Trinajstić information content (AvgIpc) is 2.82. The van der Waals surface area contributed by atoms with E-state index in [1.54, 1.807) is 42.5 Å². The van der Waals surface area contributed by atoms with E-state index >= 15 is 0 Å². The van der Waals surface area contributed by atoms with Crippen molar-refractivity contribution >= 4 is 53.3 Å². The highest BCUT2D eigenvalue weighted by Gasteiger charge is 2.19. The molecule has 198 valence electrons. The number of halogens is 2. The third-order valence-electron chi connectivity index (χ3n) is 5.63. The minimum absolute atomic E-state index is 0.0430. The summed E-state index contributed by atoms with van der Waals surface area (Å²) in [6.07, 6.45) is 0. The van der Waals surface area contributed by atoms with Crippen LogP contribution in [0, 0.1) is 0 Å². The predicted octanol–water partition coefficient (Wildman–Crippen LogP) is 3.94. The van der Waals surface area contributed by atoms with Gasteiger partial charge in [0.05, 0.1) is 14.9 Å². The zero-order valence-electron chi connectivity index (χ0n) is 19.2. The van der Waals surface area contributed by atoms with Gasteiger partial charge in [0.15, 0.2) is 0 Å². The van der Waals surface area contributed by atoms with E-state index in [1.165, 1.54) is 36.4 Å². The first kappa shape index (κ1) is 28.2. The normalized spacial score (nSPS) is 12.4. The van der Waals surface area contributed by atoms with Crippen LogP contribution in [0.2, 0.25) is 10.0 Å². The quantitative estimate of drug-likeness (QED) is 0.297. The van der Waals surface area contributed by atoms with Crippen molar-refractivity contribution in [2.45, 2.75) is 14.7 Å². The largest absolute Gasteiger partial charge is 0.239 e. The summed E-state index contributed by atoms with van der Waals surface area (Å²) in [6, 6.07) is 19.6. The average molecular weight is 613 g/mol. The fourth-order valence-electron chi connectivity index (χ4n) is 3.83. The number of nitrogens with two attached hydrogens (primary N) is 3. The second-order valence-corrected chi connectivity index (χ2v) is 13.6. The van der Waals surface area contributed by atoms with E-state index in [4.69, 9.17) is 38.6 Å². The molecule has 0 saturated carbocycles. The van der Waals surface area contributed by atoms with Gasteiger partial charge < -0.3 is 0 Å². The third-order valence-corrected chi connectivity index (χ3v) is 9.35. The molecule has 4 aromatic rings. The molecule has 0 aliphatic heterocycles. The van der Waals surface area contributed by atoms with Crippen LogP contribution < -0.4 is 15.4 Å². The van der Waals surface area contributed by atoms with Gasteiger partial charge in [-0.2, -0.15) is 0 Å². The van der Waals surface area contributed by atoms with E-state index in [2.05, 4.69) is 0 Å². The molecule has 0 aliphatic carbocycles. The fourth-order valence-corrected chi connectivity index (χ4v) is 6.49. The Morgan fingerprint density at radius 1 is 0.447 bits per heavy atom. The Balaban J connectivity index is 1.99. The van der Waals surface area contributed by atoms with Crippen LogP contribution in [0.5, 0.6) is 0 Å². The van der Waals surface area contributed by atoms with Gasteiger partial charge in [-0.05, 0) is 75.8 Å². The minimum atomic E-state index is -4.16. The van der Waals surface area contributed by atoms with Crippen LogP contribution in [0.3, 0.4) is 0 Å². The molecule has 38 heavy (non-hydrogen) atoms. The number of primary sulfonamides is 3. The van der Waals surface area contributed by atoms with Gasteiger partial charge in [0.25, 0.3) is 0 Å². The maximum Gasteiger partial charge on any atom is 0.239 e. The number of hydrogen-bond acceptors (Lipinski definition) is 6. The van der Waals surface area contributed by atoms with E-state index in [0.29, 0.717) is 33.4 Å². The number of sulfonamides is 3. The molecule has 14 heteroatoms. The van der Waals surface area contributed by atoms with Crippen molar-refractivity contribution in [2.24, 2.45) is 15.4 Å². The van der Waals surface area contributed by atoms with Crippen molar-refractivity contribution < 1.29 is 25.3 Å². The lowest BCUT2D eigenvalue weighted by Crippen LogP contribution is -2.13. The predicted molar refractivity (Wildman–Crippen MR) is 147 cm³/mol. The van der Waals surface area contributed by atoms with Gasteiger partial charge in [0.2, 0.25) is 30.1 Å². The van der Waals surface area contributed by atoms with Crippen LogP contribution in [0.15, 0.2) is 93.5 Å². The molecule has 0 aliphatic rings. The van der Waals surface area contributed by atoms with Crippen molar-refractivity contribution in [1.29, 1.82) is 0 Å².